The van der Waals surface area contributed by atoms with Crippen molar-refractivity contribution in [1.29, 1.82) is 0 Å². The first-order valence-electron chi connectivity index (χ1n) is 9.43. The summed E-state index contributed by atoms with van der Waals surface area (Å²) in [4.78, 5) is 0. The van der Waals surface area contributed by atoms with Gasteiger partial charge in [0.15, 0.2) is 0 Å². The molecular formula is C19H41N. The Labute approximate surface area is 129 Å². The van der Waals surface area contributed by atoms with Crippen molar-refractivity contribution in [2.24, 2.45) is 11.7 Å². The molecule has 0 aliphatic heterocycles. The molecule has 122 valence electrons. The van der Waals surface area contributed by atoms with Crippen LogP contribution in [0.1, 0.15) is 111 Å². The van der Waals surface area contributed by atoms with Crippen LogP contribution in [0.5, 0.6) is 0 Å². The van der Waals surface area contributed by atoms with Crippen molar-refractivity contribution >= 4 is 0 Å². The molecule has 1 nitrogen and oxygen atoms in total. The van der Waals surface area contributed by atoms with Gasteiger partial charge in [0.25, 0.3) is 0 Å². The van der Waals surface area contributed by atoms with E-state index >= 15 is 0 Å². The van der Waals surface area contributed by atoms with Gasteiger partial charge in [-0.05, 0) is 31.6 Å². The van der Waals surface area contributed by atoms with E-state index in [-0.39, 0.29) is 5.54 Å². The van der Waals surface area contributed by atoms with Gasteiger partial charge in [-0.15, -0.1) is 0 Å². The number of nitrogens with two attached hydrogens (primary N) is 1. The van der Waals surface area contributed by atoms with Gasteiger partial charge in [-0.1, -0.05) is 85.5 Å². The molecule has 1 atom stereocenters. The summed E-state index contributed by atoms with van der Waals surface area (Å²) in [5.74, 6) is 0.757. The van der Waals surface area contributed by atoms with Crippen molar-refractivity contribution in [2.75, 3.05) is 0 Å². The monoisotopic (exact) mass is 283 g/mol. The number of hydrogen-bond acceptors (Lipinski definition) is 1. The topological polar surface area (TPSA) is 26.0 Å². The SMILES string of the molecule is CCCCCC(CCCC)C(N)(CCCC)CCCC. The Kier molecular flexibility index (Phi) is 12.7. The summed E-state index contributed by atoms with van der Waals surface area (Å²) in [6.07, 6.45) is 17.1. The Morgan fingerprint density at radius 3 is 1.55 bits per heavy atom. The lowest BCUT2D eigenvalue weighted by atomic mass is 9.72. The normalized spacial score (nSPS) is 13.7. The van der Waals surface area contributed by atoms with Crippen molar-refractivity contribution in [3.05, 3.63) is 0 Å². The molecule has 20 heavy (non-hydrogen) atoms. The maximum absolute atomic E-state index is 6.94. The second-order valence-corrected chi connectivity index (χ2v) is 6.78. The third kappa shape index (κ3) is 8.29. The molecule has 0 aromatic rings. The lowest BCUT2D eigenvalue weighted by molar-refractivity contribution is 0.193. The molecule has 1 heteroatoms. The van der Waals surface area contributed by atoms with Crippen LogP contribution in [0, 0.1) is 5.92 Å². The molecule has 0 fully saturated rings. The Bertz CT molecular complexity index is 192. The van der Waals surface area contributed by atoms with Crippen molar-refractivity contribution in [2.45, 2.75) is 117 Å². The van der Waals surface area contributed by atoms with E-state index in [1.165, 1.54) is 83.5 Å². The van der Waals surface area contributed by atoms with E-state index in [2.05, 4.69) is 27.7 Å². The average molecular weight is 284 g/mol. The van der Waals surface area contributed by atoms with Crippen molar-refractivity contribution in [3.63, 3.8) is 0 Å². The minimum Gasteiger partial charge on any atom is -0.325 e. The second-order valence-electron chi connectivity index (χ2n) is 6.78. The zero-order valence-corrected chi connectivity index (χ0v) is 14.8. The van der Waals surface area contributed by atoms with E-state index in [0.717, 1.165) is 5.92 Å². The first-order chi connectivity index (χ1) is 9.64. The van der Waals surface area contributed by atoms with Crippen LogP contribution in [0.25, 0.3) is 0 Å². The van der Waals surface area contributed by atoms with Crippen LogP contribution < -0.4 is 5.73 Å². The smallest absolute Gasteiger partial charge is 0.0182 e. The molecule has 1 unspecified atom stereocenters. The first-order valence-corrected chi connectivity index (χ1v) is 9.43. The van der Waals surface area contributed by atoms with E-state index in [0.29, 0.717) is 0 Å². The lowest BCUT2D eigenvalue weighted by Gasteiger charge is -2.38. The summed E-state index contributed by atoms with van der Waals surface area (Å²) in [7, 11) is 0. The molecule has 0 bridgehead atoms. The van der Waals surface area contributed by atoms with Crippen molar-refractivity contribution < 1.29 is 0 Å². The Balaban J connectivity index is 4.65. The van der Waals surface area contributed by atoms with Gasteiger partial charge in [-0.3, -0.25) is 0 Å². The van der Waals surface area contributed by atoms with Crippen LogP contribution in [-0.4, -0.2) is 5.54 Å². The maximum atomic E-state index is 6.94. The van der Waals surface area contributed by atoms with Gasteiger partial charge in [-0.2, -0.15) is 0 Å². The predicted octanol–water partition coefficient (Wildman–Crippen LogP) is 6.45. The molecule has 0 aromatic carbocycles. The minimum absolute atomic E-state index is 0.120. The highest BCUT2D eigenvalue weighted by molar-refractivity contribution is 4.91. The fraction of sp³-hybridized carbons (Fsp3) is 1.00. The van der Waals surface area contributed by atoms with Crippen LogP contribution in [0.4, 0.5) is 0 Å². The molecule has 0 aliphatic rings. The van der Waals surface area contributed by atoms with Gasteiger partial charge in [0, 0.05) is 5.54 Å². The third-order valence-electron chi connectivity index (χ3n) is 4.87. The maximum Gasteiger partial charge on any atom is 0.0182 e. The predicted molar refractivity (Wildman–Crippen MR) is 93.1 cm³/mol. The zero-order chi connectivity index (χ0) is 15.3. The van der Waals surface area contributed by atoms with Gasteiger partial charge < -0.3 is 5.73 Å². The molecular weight excluding hydrogens is 242 g/mol. The van der Waals surface area contributed by atoms with E-state index in [1.54, 1.807) is 0 Å². The molecule has 0 spiro atoms. The number of hydrogen-bond donors (Lipinski definition) is 1. The molecule has 0 aliphatic carbocycles. The van der Waals surface area contributed by atoms with Crippen LogP contribution in [0.15, 0.2) is 0 Å². The lowest BCUT2D eigenvalue weighted by Crippen LogP contribution is -2.47. The quantitative estimate of drug-likeness (QED) is 0.364. The highest BCUT2D eigenvalue weighted by Crippen LogP contribution is 2.34. The Morgan fingerprint density at radius 2 is 1.10 bits per heavy atom. The van der Waals surface area contributed by atoms with Crippen LogP contribution in [-0.2, 0) is 0 Å². The molecule has 0 amide bonds. The fourth-order valence-electron chi connectivity index (χ4n) is 3.36. The highest BCUT2D eigenvalue weighted by Gasteiger charge is 2.32. The summed E-state index contributed by atoms with van der Waals surface area (Å²) in [6.45, 7) is 9.18. The summed E-state index contributed by atoms with van der Waals surface area (Å²) in [5, 5.41) is 0. The third-order valence-corrected chi connectivity index (χ3v) is 4.87. The van der Waals surface area contributed by atoms with E-state index in [1.807, 2.05) is 0 Å². The van der Waals surface area contributed by atoms with Gasteiger partial charge >= 0.3 is 0 Å². The number of unbranched alkanes of at least 4 members (excludes halogenated alkanes) is 5. The summed E-state index contributed by atoms with van der Waals surface area (Å²) < 4.78 is 0. The van der Waals surface area contributed by atoms with Gasteiger partial charge in [0.2, 0.25) is 0 Å². The Hall–Kier alpha value is -0.0400. The molecule has 0 radical (unpaired) electrons. The second kappa shape index (κ2) is 12.7. The molecule has 0 saturated heterocycles. The molecule has 0 saturated carbocycles. The first kappa shape index (κ1) is 20.0. The number of rotatable bonds is 14. The van der Waals surface area contributed by atoms with E-state index in [4.69, 9.17) is 5.73 Å². The average Bonchev–Trinajstić information content (AvgIpc) is 2.46. The largest absolute Gasteiger partial charge is 0.325 e. The Morgan fingerprint density at radius 1 is 0.650 bits per heavy atom. The van der Waals surface area contributed by atoms with Crippen LogP contribution in [0.3, 0.4) is 0 Å². The van der Waals surface area contributed by atoms with Crippen molar-refractivity contribution in [3.8, 4) is 0 Å². The van der Waals surface area contributed by atoms with E-state index < -0.39 is 0 Å². The van der Waals surface area contributed by atoms with Crippen molar-refractivity contribution in [1.82, 2.24) is 0 Å². The summed E-state index contributed by atoms with van der Waals surface area (Å²) >= 11 is 0. The van der Waals surface area contributed by atoms with E-state index in [9.17, 15) is 0 Å². The molecule has 0 rings (SSSR count). The zero-order valence-electron chi connectivity index (χ0n) is 14.8. The minimum atomic E-state index is 0.120. The standard InChI is InChI=1S/C19H41N/c1-5-9-13-15-18(14-10-6-2)19(20,16-11-7-3)17-12-8-4/h18H,5-17,20H2,1-4H3. The molecule has 0 heterocycles. The van der Waals surface area contributed by atoms with Crippen LogP contribution in [0.2, 0.25) is 0 Å². The van der Waals surface area contributed by atoms with Gasteiger partial charge in [0.1, 0.15) is 0 Å². The van der Waals surface area contributed by atoms with Gasteiger partial charge in [-0.25, -0.2) is 0 Å². The summed E-state index contributed by atoms with van der Waals surface area (Å²) in [6, 6.07) is 0. The molecule has 2 N–H and O–H groups in total. The highest BCUT2D eigenvalue weighted by atomic mass is 14.8. The fourth-order valence-corrected chi connectivity index (χ4v) is 3.36. The van der Waals surface area contributed by atoms with Gasteiger partial charge in [0.05, 0.1) is 0 Å². The molecule has 0 aromatic heterocycles. The van der Waals surface area contributed by atoms with Crippen LogP contribution >= 0.6 is 0 Å². The summed E-state index contributed by atoms with van der Waals surface area (Å²) in [5.41, 5.74) is 7.06.